The number of phenols is 2. The highest BCUT2D eigenvalue weighted by atomic mass is 16.3. The van der Waals surface area contributed by atoms with E-state index in [9.17, 15) is 10.2 Å². The molecule has 108 valence electrons. The van der Waals surface area contributed by atoms with Crippen LogP contribution in [0.2, 0.25) is 0 Å². The summed E-state index contributed by atoms with van der Waals surface area (Å²) >= 11 is 0. The predicted octanol–water partition coefficient (Wildman–Crippen LogP) is 4.86. The van der Waals surface area contributed by atoms with Gasteiger partial charge in [-0.15, -0.1) is 0 Å². The Morgan fingerprint density at radius 3 is 2.24 bits per heavy atom. The molecule has 0 bridgehead atoms. The molecule has 2 rings (SSSR count). The maximum absolute atomic E-state index is 10.2. The Balaban J connectivity index is 2.69. The SMILES string of the molecule is C=Cc1c(N=C)cccc1-c1cc(O)c(C(C)C)c(O)c1. The quantitative estimate of drug-likeness (QED) is 0.786. The normalized spacial score (nSPS) is 10.6. The van der Waals surface area contributed by atoms with E-state index in [1.807, 2.05) is 32.0 Å². The molecule has 0 aliphatic carbocycles. The molecule has 0 atom stereocenters. The maximum Gasteiger partial charge on any atom is 0.123 e. The average molecular weight is 281 g/mol. The Labute approximate surface area is 124 Å². The van der Waals surface area contributed by atoms with E-state index in [-0.39, 0.29) is 17.4 Å². The standard InChI is InChI=1S/C18H19NO2/c1-5-13-14(7-6-8-15(13)19-4)12-9-16(20)18(11(2)3)17(21)10-12/h5-11,20-21H,1,4H2,2-3H3. The Morgan fingerprint density at radius 2 is 1.76 bits per heavy atom. The Kier molecular flexibility index (Phi) is 4.13. The van der Waals surface area contributed by atoms with Crippen molar-refractivity contribution in [2.75, 3.05) is 0 Å². The largest absolute Gasteiger partial charge is 0.507 e. The zero-order chi connectivity index (χ0) is 15.6. The molecule has 0 radical (unpaired) electrons. The van der Waals surface area contributed by atoms with Crippen molar-refractivity contribution in [1.82, 2.24) is 0 Å². The molecule has 0 saturated heterocycles. The minimum absolute atomic E-state index is 0.0408. The van der Waals surface area contributed by atoms with E-state index in [4.69, 9.17) is 0 Å². The molecular formula is C18H19NO2. The van der Waals surface area contributed by atoms with Crippen molar-refractivity contribution in [2.24, 2.45) is 4.99 Å². The van der Waals surface area contributed by atoms with Crippen LogP contribution in [-0.4, -0.2) is 16.9 Å². The fourth-order valence-electron chi connectivity index (χ4n) is 2.53. The Bertz CT molecular complexity index is 679. The smallest absolute Gasteiger partial charge is 0.123 e. The molecule has 0 aromatic heterocycles. The lowest BCUT2D eigenvalue weighted by molar-refractivity contribution is 0.434. The van der Waals surface area contributed by atoms with Crippen molar-refractivity contribution >= 4 is 18.5 Å². The summed E-state index contributed by atoms with van der Waals surface area (Å²) < 4.78 is 0. The lowest BCUT2D eigenvalue weighted by Gasteiger charge is -2.15. The van der Waals surface area contributed by atoms with Gasteiger partial charge in [-0.3, -0.25) is 4.99 Å². The Hall–Kier alpha value is -2.55. The van der Waals surface area contributed by atoms with Crippen LogP contribution in [0.3, 0.4) is 0 Å². The first-order valence-electron chi connectivity index (χ1n) is 6.78. The number of hydrogen-bond donors (Lipinski definition) is 2. The van der Waals surface area contributed by atoms with Gasteiger partial charge in [-0.2, -0.15) is 0 Å². The van der Waals surface area contributed by atoms with Crippen LogP contribution in [0, 0.1) is 0 Å². The first-order chi connectivity index (χ1) is 9.99. The van der Waals surface area contributed by atoms with E-state index < -0.39 is 0 Å². The second-order valence-electron chi connectivity index (χ2n) is 5.18. The van der Waals surface area contributed by atoms with Crippen LogP contribution < -0.4 is 0 Å². The average Bonchev–Trinajstić information content (AvgIpc) is 2.44. The molecule has 2 N–H and O–H groups in total. The molecule has 2 aromatic rings. The number of hydrogen-bond acceptors (Lipinski definition) is 3. The van der Waals surface area contributed by atoms with Crippen molar-refractivity contribution < 1.29 is 10.2 Å². The van der Waals surface area contributed by atoms with Gasteiger partial charge in [0, 0.05) is 11.1 Å². The van der Waals surface area contributed by atoms with Gasteiger partial charge in [0.2, 0.25) is 0 Å². The highest BCUT2D eigenvalue weighted by Gasteiger charge is 2.15. The van der Waals surface area contributed by atoms with E-state index in [1.54, 1.807) is 18.2 Å². The fourth-order valence-corrected chi connectivity index (χ4v) is 2.53. The van der Waals surface area contributed by atoms with Gasteiger partial charge < -0.3 is 10.2 Å². The van der Waals surface area contributed by atoms with Gasteiger partial charge in [0.15, 0.2) is 0 Å². The van der Waals surface area contributed by atoms with Crippen molar-refractivity contribution in [3.8, 4) is 22.6 Å². The predicted molar refractivity (Wildman–Crippen MR) is 88.6 cm³/mol. The van der Waals surface area contributed by atoms with Gasteiger partial charge >= 0.3 is 0 Å². The van der Waals surface area contributed by atoms with Crippen LogP contribution >= 0.6 is 0 Å². The second kappa shape index (κ2) is 5.83. The van der Waals surface area contributed by atoms with Crippen LogP contribution in [0.4, 0.5) is 5.69 Å². The third kappa shape index (κ3) is 2.68. The summed E-state index contributed by atoms with van der Waals surface area (Å²) in [6, 6.07) is 8.91. The number of rotatable bonds is 4. The lowest BCUT2D eigenvalue weighted by Crippen LogP contribution is -1.91. The van der Waals surface area contributed by atoms with Crippen LogP contribution in [0.1, 0.15) is 30.9 Å². The minimum atomic E-state index is 0.0408. The van der Waals surface area contributed by atoms with Crippen molar-refractivity contribution in [1.29, 1.82) is 0 Å². The maximum atomic E-state index is 10.2. The summed E-state index contributed by atoms with van der Waals surface area (Å²) in [5.41, 5.74) is 3.65. The van der Waals surface area contributed by atoms with Crippen molar-refractivity contribution in [2.45, 2.75) is 19.8 Å². The van der Waals surface area contributed by atoms with E-state index in [2.05, 4.69) is 18.3 Å². The fraction of sp³-hybridized carbons (Fsp3) is 0.167. The molecule has 0 amide bonds. The van der Waals surface area contributed by atoms with Gasteiger partial charge in [0.1, 0.15) is 11.5 Å². The summed E-state index contributed by atoms with van der Waals surface area (Å²) in [7, 11) is 0. The van der Waals surface area contributed by atoms with E-state index >= 15 is 0 Å². The second-order valence-corrected chi connectivity index (χ2v) is 5.18. The molecule has 0 heterocycles. The van der Waals surface area contributed by atoms with Crippen LogP contribution in [0.5, 0.6) is 11.5 Å². The van der Waals surface area contributed by atoms with Crippen molar-refractivity contribution in [3.63, 3.8) is 0 Å². The molecule has 0 aliphatic heterocycles. The summed E-state index contributed by atoms with van der Waals surface area (Å²) in [5.74, 6) is 0.220. The molecule has 0 aliphatic rings. The number of aromatic hydroxyl groups is 2. The summed E-state index contributed by atoms with van der Waals surface area (Å²) in [6.07, 6.45) is 1.70. The Morgan fingerprint density at radius 1 is 1.14 bits per heavy atom. The van der Waals surface area contributed by atoms with E-state index in [0.717, 1.165) is 22.4 Å². The van der Waals surface area contributed by atoms with Crippen molar-refractivity contribution in [3.05, 3.63) is 48.0 Å². The molecular weight excluding hydrogens is 262 g/mol. The third-order valence-electron chi connectivity index (χ3n) is 3.48. The molecule has 0 fully saturated rings. The topological polar surface area (TPSA) is 52.8 Å². The summed E-state index contributed by atoms with van der Waals surface area (Å²) in [4.78, 5) is 3.97. The molecule has 21 heavy (non-hydrogen) atoms. The first-order valence-corrected chi connectivity index (χ1v) is 6.78. The van der Waals surface area contributed by atoms with Gasteiger partial charge in [-0.25, -0.2) is 0 Å². The summed E-state index contributed by atoms with van der Waals surface area (Å²) in [6.45, 7) is 11.2. The first kappa shape index (κ1) is 14.9. The summed E-state index contributed by atoms with van der Waals surface area (Å²) in [5, 5.41) is 20.3. The molecule has 0 saturated carbocycles. The van der Waals surface area contributed by atoms with Crippen LogP contribution in [-0.2, 0) is 0 Å². The number of aliphatic imine (C=N–C) groups is 1. The molecule has 3 heteroatoms. The third-order valence-corrected chi connectivity index (χ3v) is 3.48. The van der Waals surface area contributed by atoms with Gasteiger partial charge in [-0.1, -0.05) is 38.6 Å². The highest BCUT2D eigenvalue weighted by Crippen LogP contribution is 2.40. The number of phenolic OH excluding ortho intramolecular Hbond substituents is 2. The molecule has 0 unspecified atom stereocenters. The zero-order valence-corrected chi connectivity index (χ0v) is 12.3. The zero-order valence-electron chi connectivity index (χ0n) is 12.3. The van der Waals surface area contributed by atoms with Gasteiger partial charge in [-0.05, 0) is 42.0 Å². The molecule has 3 nitrogen and oxygen atoms in total. The minimum Gasteiger partial charge on any atom is -0.507 e. The van der Waals surface area contributed by atoms with E-state index in [0.29, 0.717) is 5.56 Å². The van der Waals surface area contributed by atoms with Gasteiger partial charge in [0.05, 0.1) is 5.69 Å². The highest BCUT2D eigenvalue weighted by molar-refractivity contribution is 5.83. The number of benzene rings is 2. The van der Waals surface area contributed by atoms with E-state index in [1.165, 1.54) is 0 Å². The molecule has 0 spiro atoms. The molecule has 2 aromatic carbocycles. The van der Waals surface area contributed by atoms with Crippen LogP contribution in [0.15, 0.2) is 41.9 Å². The number of nitrogens with zero attached hydrogens (tertiary/aromatic N) is 1. The monoisotopic (exact) mass is 281 g/mol. The van der Waals surface area contributed by atoms with Gasteiger partial charge in [0.25, 0.3) is 0 Å². The lowest BCUT2D eigenvalue weighted by atomic mass is 9.93. The van der Waals surface area contributed by atoms with Crippen LogP contribution in [0.25, 0.3) is 17.2 Å².